The molecule has 2 N–H and O–H groups in total. The van der Waals surface area contributed by atoms with Crippen molar-refractivity contribution in [1.29, 1.82) is 0 Å². The summed E-state index contributed by atoms with van der Waals surface area (Å²) in [7, 11) is 1.70. The summed E-state index contributed by atoms with van der Waals surface area (Å²) in [4.78, 5) is 28.3. The van der Waals surface area contributed by atoms with Crippen LogP contribution in [0.4, 0.5) is 4.79 Å². The fourth-order valence-electron chi connectivity index (χ4n) is 6.55. The number of aryl methyl sites for hydroxylation is 4. The Bertz CT molecular complexity index is 2040. The van der Waals surface area contributed by atoms with Crippen LogP contribution in [0.1, 0.15) is 86.5 Å². The van der Waals surface area contributed by atoms with Crippen molar-refractivity contribution >= 4 is 34.6 Å². The molecule has 296 valence electrons. The van der Waals surface area contributed by atoms with Crippen LogP contribution in [0.25, 0.3) is 22.0 Å². The normalized spacial score (nSPS) is 11.3. The zero-order chi connectivity index (χ0) is 39.0. The van der Waals surface area contributed by atoms with E-state index in [1.165, 1.54) is 0 Å². The minimum Gasteiger partial charge on any atom is -0.494 e. The van der Waals surface area contributed by atoms with Crippen molar-refractivity contribution < 1.29 is 33.6 Å². The number of benzene rings is 3. The lowest BCUT2D eigenvalue weighted by atomic mass is 9.98. The van der Waals surface area contributed by atoms with Gasteiger partial charge >= 0.3 is 12.1 Å². The van der Waals surface area contributed by atoms with Crippen molar-refractivity contribution in [3.8, 4) is 22.6 Å². The van der Waals surface area contributed by atoms with Crippen molar-refractivity contribution in [2.45, 2.75) is 93.6 Å². The van der Waals surface area contributed by atoms with E-state index >= 15 is 0 Å². The quantitative estimate of drug-likeness (QED) is 0.0750. The van der Waals surface area contributed by atoms with Gasteiger partial charge in [0.15, 0.2) is 0 Å². The first kappa shape index (κ1) is 42.7. The highest BCUT2D eigenvalue weighted by atomic mass is 35.5. The third-order valence-corrected chi connectivity index (χ3v) is 9.54. The maximum absolute atomic E-state index is 14.0. The summed E-state index contributed by atoms with van der Waals surface area (Å²) in [5.74, 6) is 0.986. The Balaban J connectivity index is 0.00000673. The van der Waals surface area contributed by atoms with E-state index in [1.807, 2.05) is 99.8 Å². The number of esters is 1. The van der Waals surface area contributed by atoms with E-state index < -0.39 is 17.7 Å². The predicted octanol–water partition coefficient (Wildman–Crippen LogP) is 9.45. The number of hydrogen-bond donors (Lipinski definition) is 2. The Morgan fingerprint density at radius 1 is 0.982 bits per heavy atom. The summed E-state index contributed by atoms with van der Waals surface area (Å²) in [6, 6.07) is 19.2. The molecule has 0 aliphatic carbocycles. The second-order valence-corrected chi connectivity index (χ2v) is 14.6. The highest BCUT2D eigenvalue weighted by Gasteiger charge is 2.28. The molecule has 5 rings (SSSR count). The van der Waals surface area contributed by atoms with Gasteiger partial charge in [-0.3, -0.25) is 5.10 Å². The Morgan fingerprint density at radius 3 is 2.35 bits per heavy atom. The third kappa shape index (κ3) is 10.4. The Hall–Kier alpha value is -5.00. The molecule has 3 aromatic carbocycles. The van der Waals surface area contributed by atoms with Crippen LogP contribution in [0.3, 0.4) is 0 Å². The number of aliphatic hydroxyl groups is 1. The number of fused-ring (bicyclic) bond motifs is 1. The van der Waals surface area contributed by atoms with Crippen molar-refractivity contribution in [2.75, 3.05) is 26.8 Å². The second kappa shape index (κ2) is 19.0. The van der Waals surface area contributed by atoms with E-state index in [4.69, 9.17) is 30.5 Å². The number of hydrogen-bond acceptors (Lipinski definition) is 8. The molecule has 0 spiro atoms. The Labute approximate surface area is 329 Å². The number of carbonyl (C=O) groups excluding carboxylic acids is 2. The first-order valence-corrected chi connectivity index (χ1v) is 18.7. The molecular formula is C43H55ClN4O7. The molecule has 0 atom stereocenters. The second-order valence-electron chi connectivity index (χ2n) is 14.3. The van der Waals surface area contributed by atoms with Gasteiger partial charge in [-0.25, -0.2) is 9.59 Å². The van der Waals surface area contributed by atoms with E-state index in [2.05, 4.69) is 10.2 Å². The number of aromatic amines is 1. The number of aliphatic hydroxyl groups excluding tert-OH is 1. The number of ether oxygens (including phenoxy) is 4. The monoisotopic (exact) mass is 774 g/mol. The fraction of sp³-hybridized carbons (Fsp3) is 0.419. The highest BCUT2D eigenvalue weighted by molar-refractivity contribution is 6.32. The van der Waals surface area contributed by atoms with Gasteiger partial charge in [-0.1, -0.05) is 55.4 Å². The van der Waals surface area contributed by atoms with E-state index in [1.54, 1.807) is 18.9 Å². The topological polar surface area (TPSA) is 128 Å². The SMILES string of the molecule is C.CCOC(=O)c1c(CCCOc2cc(C)c(Cl)c(C)c2)c2cccc(-c3c(CO)n[nH]c3COc3ccccc3)c2n1CCCN(C)C(=O)OC(C)(C)C. The maximum atomic E-state index is 14.0. The molecule has 0 fully saturated rings. The molecule has 0 aliphatic rings. The summed E-state index contributed by atoms with van der Waals surface area (Å²) in [5.41, 5.74) is 5.91. The molecule has 1 amide bonds. The molecule has 2 aromatic heterocycles. The Kier molecular flexibility index (Phi) is 14.8. The van der Waals surface area contributed by atoms with Gasteiger partial charge in [0.2, 0.25) is 0 Å². The first-order valence-electron chi connectivity index (χ1n) is 18.3. The molecule has 55 heavy (non-hydrogen) atoms. The summed E-state index contributed by atoms with van der Waals surface area (Å²) < 4.78 is 25.5. The number of aromatic nitrogens is 3. The fourth-order valence-corrected chi connectivity index (χ4v) is 6.66. The van der Waals surface area contributed by atoms with Crippen molar-refractivity contribution in [1.82, 2.24) is 19.7 Å². The van der Waals surface area contributed by atoms with Gasteiger partial charge in [-0.05, 0) is 102 Å². The van der Waals surface area contributed by atoms with Gasteiger partial charge in [-0.15, -0.1) is 0 Å². The maximum Gasteiger partial charge on any atom is 0.410 e. The van der Waals surface area contributed by atoms with Crippen molar-refractivity contribution in [2.24, 2.45) is 0 Å². The molecule has 0 aliphatic heterocycles. The lowest BCUT2D eigenvalue weighted by Gasteiger charge is -2.24. The van der Waals surface area contributed by atoms with Crippen LogP contribution in [0.5, 0.6) is 11.5 Å². The van der Waals surface area contributed by atoms with Crippen molar-refractivity contribution in [3.63, 3.8) is 0 Å². The number of rotatable bonds is 16. The summed E-state index contributed by atoms with van der Waals surface area (Å²) in [5, 5.41) is 19.6. The smallest absolute Gasteiger partial charge is 0.410 e. The molecule has 0 saturated heterocycles. The van der Waals surface area contributed by atoms with Crippen LogP contribution in [-0.2, 0) is 35.7 Å². The van der Waals surface area contributed by atoms with Crippen molar-refractivity contribution in [3.05, 3.63) is 99.5 Å². The van der Waals surface area contributed by atoms with Crippen LogP contribution in [-0.4, -0.2) is 69.2 Å². The van der Waals surface area contributed by atoms with E-state index in [0.717, 1.165) is 43.9 Å². The van der Waals surface area contributed by atoms with E-state index in [9.17, 15) is 14.7 Å². The number of nitrogens with one attached hydrogen (secondary N) is 1. The number of nitrogens with zero attached hydrogens (tertiary/aromatic N) is 3. The van der Waals surface area contributed by atoms with Crippen LogP contribution >= 0.6 is 11.6 Å². The lowest BCUT2D eigenvalue weighted by molar-refractivity contribution is 0.0294. The minimum absolute atomic E-state index is 0. The molecule has 0 unspecified atom stereocenters. The number of halogens is 1. The summed E-state index contributed by atoms with van der Waals surface area (Å²) in [6.45, 7) is 12.4. The van der Waals surface area contributed by atoms with E-state index in [0.29, 0.717) is 67.4 Å². The molecule has 11 nitrogen and oxygen atoms in total. The average molecular weight is 775 g/mol. The molecule has 0 saturated carbocycles. The number of H-pyrrole nitrogens is 1. The van der Waals surface area contributed by atoms with Gasteiger partial charge in [-0.2, -0.15) is 5.10 Å². The van der Waals surface area contributed by atoms with Gasteiger partial charge in [0.1, 0.15) is 29.4 Å². The van der Waals surface area contributed by atoms with Crippen LogP contribution in [0.15, 0.2) is 60.7 Å². The zero-order valence-corrected chi connectivity index (χ0v) is 33.0. The average Bonchev–Trinajstić information content (AvgIpc) is 3.69. The van der Waals surface area contributed by atoms with Gasteiger partial charge in [0, 0.05) is 41.7 Å². The van der Waals surface area contributed by atoms with Gasteiger partial charge in [0.05, 0.1) is 36.7 Å². The van der Waals surface area contributed by atoms with Crippen LogP contribution in [0, 0.1) is 13.8 Å². The lowest BCUT2D eigenvalue weighted by Crippen LogP contribution is -2.35. The summed E-state index contributed by atoms with van der Waals surface area (Å²) in [6.07, 6.45) is 1.22. The molecule has 0 radical (unpaired) electrons. The molecule has 0 bridgehead atoms. The molecule has 5 aromatic rings. The summed E-state index contributed by atoms with van der Waals surface area (Å²) >= 11 is 6.39. The minimum atomic E-state index is -0.630. The molecular weight excluding hydrogens is 720 g/mol. The zero-order valence-electron chi connectivity index (χ0n) is 32.3. The molecule has 12 heteroatoms. The van der Waals surface area contributed by atoms with Gasteiger partial charge in [0.25, 0.3) is 0 Å². The number of carbonyl (C=O) groups is 2. The number of amides is 1. The van der Waals surface area contributed by atoms with Crippen LogP contribution < -0.4 is 9.47 Å². The third-order valence-electron chi connectivity index (χ3n) is 8.95. The van der Waals surface area contributed by atoms with Crippen LogP contribution in [0.2, 0.25) is 5.02 Å². The highest BCUT2D eigenvalue weighted by Crippen LogP contribution is 2.39. The predicted molar refractivity (Wildman–Crippen MR) is 217 cm³/mol. The molecule has 2 heterocycles. The van der Waals surface area contributed by atoms with Gasteiger partial charge < -0.3 is 33.5 Å². The first-order chi connectivity index (χ1) is 25.8. The standard InChI is InChI=1S/C42H51ClN4O7.CH4/c1-8-51-40(49)39-32(19-13-22-52-30-23-27(2)37(43)28(3)24-30)31-17-12-18-33(38(31)47(39)21-14-20-46(7)41(50)54-42(4,5)6)36-34(25-48)44-45-35(36)26-53-29-15-10-9-11-16-29;/h9-12,15-18,23-24,48H,8,13-14,19-22,25-26H2,1-7H3,(H,44,45);1H4. The number of para-hydroxylation sites is 2. The Morgan fingerprint density at radius 2 is 1.69 bits per heavy atom. The van der Waals surface area contributed by atoms with E-state index in [-0.39, 0.29) is 27.2 Å². The largest absolute Gasteiger partial charge is 0.494 e.